The van der Waals surface area contributed by atoms with Crippen molar-refractivity contribution in [2.75, 3.05) is 25.6 Å². The molecule has 134 valence electrons. The molecule has 0 amide bonds. The normalized spacial score (nSPS) is 10.2. The van der Waals surface area contributed by atoms with Crippen molar-refractivity contribution in [1.82, 2.24) is 0 Å². The second-order valence-electron chi connectivity index (χ2n) is 5.18. The van der Waals surface area contributed by atoms with Crippen molar-refractivity contribution in [2.24, 2.45) is 0 Å². The number of esters is 1. The molecule has 0 heterocycles. The summed E-state index contributed by atoms with van der Waals surface area (Å²) in [4.78, 5) is 11.7. The Balaban J connectivity index is 2.13. The maximum atomic E-state index is 11.7. The molecule has 2 aromatic rings. The van der Waals surface area contributed by atoms with Crippen LogP contribution in [0.25, 0.3) is 0 Å². The van der Waals surface area contributed by atoms with Gasteiger partial charge in [-0.2, -0.15) is 0 Å². The van der Waals surface area contributed by atoms with E-state index in [0.717, 1.165) is 11.3 Å². The van der Waals surface area contributed by atoms with Gasteiger partial charge in [-0.1, -0.05) is 11.6 Å². The van der Waals surface area contributed by atoms with Crippen LogP contribution in [0, 0.1) is 0 Å². The highest BCUT2D eigenvalue weighted by Gasteiger charge is 2.13. The number of halogens is 1. The van der Waals surface area contributed by atoms with Crippen molar-refractivity contribution in [3.05, 3.63) is 52.5 Å². The van der Waals surface area contributed by atoms with Gasteiger partial charge in [-0.25, -0.2) is 4.79 Å². The first kappa shape index (κ1) is 18.9. The fraction of sp³-hybridized carbons (Fsp3) is 0.316. The van der Waals surface area contributed by atoms with E-state index in [1.807, 2.05) is 25.1 Å². The molecule has 0 aliphatic heterocycles. The Morgan fingerprint density at radius 3 is 2.44 bits per heavy atom. The number of nitrogens with one attached hydrogen (secondary N) is 1. The molecular formula is C19H22ClNO4. The van der Waals surface area contributed by atoms with Crippen LogP contribution in [-0.2, 0) is 11.3 Å². The number of carbonyl (C=O) groups excluding carboxylic acids is 1. The van der Waals surface area contributed by atoms with Gasteiger partial charge in [0.05, 0.1) is 25.9 Å². The Morgan fingerprint density at radius 2 is 1.84 bits per heavy atom. The van der Waals surface area contributed by atoms with Gasteiger partial charge >= 0.3 is 5.97 Å². The minimum Gasteiger partial charge on any atom is -0.493 e. The van der Waals surface area contributed by atoms with Crippen LogP contribution < -0.4 is 14.8 Å². The van der Waals surface area contributed by atoms with E-state index >= 15 is 0 Å². The zero-order valence-electron chi connectivity index (χ0n) is 14.6. The molecule has 0 fully saturated rings. The van der Waals surface area contributed by atoms with Crippen LogP contribution in [0.2, 0.25) is 5.02 Å². The largest absolute Gasteiger partial charge is 0.493 e. The molecule has 1 N–H and O–H groups in total. The molecule has 0 radical (unpaired) electrons. The van der Waals surface area contributed by atoms with Crippen molar-refractivity contribution >= 4 is 23.3 Å². The van der Waals surface area contributed by atoms with Crippen LogP contribution in [0.3, 0.4) is 0 Å². The maximum Gasteiger partial charge on any atom is 0.338 e. The zero-order chi connectivity index (χ0) is 18.2. The van der Waals surface area contributed by atoms with E-state index in [9.17, 15) is 4.79 Å². The molecule has 6 heteroatoms. The highest BCUT2D eigenvalue weighted by Crippen LogP contribution is 2.35. The van der Waals surface area contributed by atoms with Crippen molar-refractivity contribution < 1.29 is 19.0 Å². The molecule has 5 nitrogen and oxygen atoms in total. The first-order valence-electron chi connectivity index (χ1n) is 8.09. The number of rotatable bonds is 8. The second-order valence-corrected chi connectivity index (χ2v) is 5.62. The Bertz CT molecular complexity index is 716. The summed E-state index contributed by atoms with van der Waals surface area (Å²) in [5, 5.41) is 3.87. The highest BCUT2D eigenvalue weighted by molar-refractivity contribution is 6.30. The standard InChI is InChI=1S/C19H22ClNO4/c1-4-24-18-14(10-15(20)11-17(18)23-3)12-21-16-8-6-13(7-9-16)19(22)25-5-2/h6-11,21H,4-5,12H2,1-3H3. The number of benzene rings is 2. The highest BCUT2D eigenvalue weighted by atomic mass is 35.5. The summed E-state index contributed by atoms with van der Waals surface area (Å²) >= 11 is 6.15. The van der Waals surface area contributed by atoms with E-state index in [0.29, 0.717) is 41.8 Å². The zero-order valence-corrected chi connectivity index (χ0v) is 15.4. The minimum absolute atomic E-state index is 0.327. The van der Waals surface area contributed by atoms with Crippen molar-refractivity contribution in [2.45, 2.75) is 20.4 Å². The van der Waals surface area contributed by atoms with E-state index in [2.05, 4.69) is 5.32 Å². The van der Waals surface area contributed by atoms with E-state index in [1.54, 1.807) is 32.2 Å². The lowest BCUT2D eigenvalue weighted by Gasteiger charge is -2.16. The number of hydrogen-bond donors (Lipinski definition) is 1. The summed E-state index contributed by atoms with van der Waals surface area (Å²) in [6.07, 6.45) is 0. The van der Waals surface area contributed by atoms with Crippen LogP contribution in [0.5, 0.6) is 11.5 Å². The monoisotopic (exact) mass is 363 g/mol. The molecule has 0 atom stereocenters. The van der Waals surface area contributed by atoms with Crippen molar-refractivity contribution in [3.8, 4) is 11.5 Å². The molecule has 2 rings (SSSR count). The van der Waals surface area contributed by atoms with Crippen LogP contribution in [0.15, 0.2) is 36.4 Å². The maximum absolute atomic E-state index is 11.7. The number of hydrogen-bond acceptors (Lipinski definition) is 5. The molecule has 0 saturated carbocycles. The molecule has 0 bridgehead atoms. The van der Waals surface area contributed by atoms with E-state index in [4.69, 9.17) is 25.8 Å². The molecule has 0 saturated heterocycles. The van der Waals surface area contributed by atoms with Crippen LogP contribution >= 0.6 is 11.6 Å². The third kappa shape index (κ3) is 5.03. The van der Waals surface area contributed by atoms with Crippen LogP contribution in [0.4, 0.5) is 5.69 Å². The average Bonchev–Trinajstić information content (AvgIpc) is 2.62. The fourth-order valence-corrected chi connectivity index (χ4v) is 2.58. The van der Waals surface area contributed by atoms with Crippen molar-refractivity contribution in [1.29, 1.82) is 0 Å². The van der Waals surface area contributed by atoms with Gasteiger partial charge in [0, 0.05) is 28.9 Å². The molecular weight excluding hydrogens is 342 g/mol. The summed E-state index contributed by atoms with van der Waals surface area (Å²) < 4.78 is 16.0. The minimum atomic E-state index is -0.327. The molecule has 0 aliphatic rings. The van der Waals surface area contributed by atoms with Gasteiger partial charge in [-0.15, -0.1) is 0 Å². The van der Waals surface area contributed by atoms with Gasteiger partial charge in [0.1, 0.15) is 0 Å². The van der Waals surface area contributed by atoms with E-state index in [-0.39, 0.29) is 5.97 Å². The summed E-state index contributed by atoms with van der Waals surface area (Å²) in [5.41, 5.74) is 2.28. The third-order valence-corrected chi connectivity index (χ3v) is 3.70. The Labute approximate surface area is 152 Å². The lowest BCUT2D eigenvalue weighted by molar-refractivity contribution is 0.0526. The summed E-state index contributed by atoms with van der Waals surface area (Å²) in [5.74, 6) is 0.945. The van der Waals surface area contributed by atoms with Gasteiger partial charge in [0.2, 0.25) is 0 Å². The number of methoxy groups -OCH3 is 1. The smallest absolute Gasteiger partial charge is 0.338 e. The lowest BCUT2D eigenvalue weighted by atomic mass is 10.1. The van der Waals surface area contributed by atoms with Crippen LogP contribution in [-0.4, -0.2) is 26.3 Å². The van der Waals surface area contributed by atoms with E-state index in [1.165, 1.54) is 0 Å². The van der Waals surface area contributed by atoms with Crippen molar-refractivity contribution in [3.63, 3.8) is 0 Å². The van der Waals surface area contributed by atoms with Gasteiger partial charge in [-0.05, 0) is 44.2 Å². The molecule has 0 aromatic heterocycles. The molecule has 0 spiro atoms. The molecule has 0 aliphatic carbocycles. The van der Waals surface area contributed by atoms with E-state index < -0.39 is 0 Å². The predicted octanol–water partition coefficient (Wildman–Crippen LogP) is 4.54. The summed E-state index contributed by atoms with van der Waals surface area (Å²) in [6.45, 7) is 5.09. The molecule has 0 unspecified atom stereocenters. The Kier molecular flexibility index (Phi) is 6.95. The Hall–Kier alpha value is -2.40. The quantitative estimate of drug-likeness (QED) is 0.698. The Morgan fingerprint density at radius 1 is 1.12 bits per heavy atom. The fourth-order valence-electron chi connectivity index (χ4n) is 2.35. The van der Waals surface area contributed by atoms with Gasteiger partial charge in [-0.3, -0.25) is 0 Å². The van der Waals surface area contributed by atoms with Crippen LogP contribution in [0.1, 0.15) is 29.8 Å². The average molecular weight is 364 g/mol. The lowest BCUT2D eigenvalue weighted by Crippen LogP contribution is -2.06. The number of ether oxygens (including phenoxy) is 3. The first-order valence-corrected chi connectivity index (χ1v) is 8.47. The molecule has 25 heavy (non-hydrogen) atoms. The van der Waals surface area contributed by atoms with Gasteiger partial charge in [0.15, 0.2) is 11.5 Å². The number of carbonyl (C=O) groups is 1. The topological polar surface area (TPSA) is 56.8 Å². The SMILES string of the molecule is CCOC(=O)c1ccc(NCc2cc(Cl)cc(OC)c2OCC)cc1. The first-order chi connectivity index (χ1) is 12.1. The van der Waals surface area contributed by atoms with Gasteiger partial charge in [0.25, 0.3) is 0 Å². The molecule has 2 aromatic carbocycles. The summed E-state index contributed by atoms with van der Waals surface area (Å²) in [7, 11) is 1.58. The predicted molar refractivity (Wildman–Crippen MR) is 98.9 cm³/mol. The number of anilines is 1. The van der Waals surface area contributed by atoms with Gasteiger partial charge < -0.3 is 19.5 Å². The third-order valence-electron chi connectivity index (χ3n) is 3.48. The summed E-state index contributed by atoms with van der Waals surface area (Å²) in [6, 6.07) is 10.7. The second kappa shape index (κ2) is 9.18.